The molecule has 1 atom stereocenters. The average Bonchev–Trinajstić information content (AvgIpc) is 3.02. The Hall–Kier alpha value is -0.450. The highest BCUT2D eigenvalue weighted by molar-refractivity contribution is 9.09. The third-order valence-electron chi connectivity index (χ3n) is 5.77. The van der Waals surface area contributed by atoms with E-state index in [2.05, 4.69) is 22.9 Å². The first-order valence-electron chi connectivity index (χ1n) is 15.8. The highest BCUT2D eigenvalue weighted by Gasteiger charge is 2.16. The molecule has 0 amide bonds. The Bertz CT molecular complexity index is 547. The van der Waals surface area contributed by atoms with Gasteiger partial charge < -0.3 is 52.1 Å². The van der Waals surface area contributed by atoms with E-state index in [-0.39, 0.29) is 18.5 Å². The largest absolute Gasteiger partial charge is 0.463 e. The van der Waals surface area contributed by atoms with Gasteiger partial charge in [-0.1, -0.05) is 42.6 Å². The normalized spacial score (nSPS) is 12.2. The van der Waals surface area contributed by atoms with E-state index in [1.165, 1.54) is 0 Å². The quantitative estimate of drug-likeness (QED) is 0.0541. The van der Waals surface area contributed by atoms with Crippen molar-refractivity contribution in [3.8, 4) is 0 Å². The Labute approximate surface area is 268 Å². The molecule has 0 fully saturated rings. The molecule has 0 spiro atoms. The van der Waals surface area contributed by atoms with E-state index in [0.717, 1.165) is 31.0 Å². The number of ether oxygens (including phenoxy) is 11. The molecule has 0 aromatic heterocycles. The minimum Gasteiger partial charge on any atom is -0.463 e. The van der Waals surface area contributed by atoms with E-state index in [1.807, 2.05) is 6.92 Å². The first-order chi connectivity index (χ1) is 21.3. The van der Waals surface area contributed by atoms with Gasteiger partial charge in [-0.2, -0.15) is 0 Å². The predicted octanol–water partition coefficient (Wildman–Crippen LogP) is 3.31. The lowest BCUT2D eigenvalue weighted by atomic mass is 10.00. The molecule has 0 aliphatic heterocycles. The molecule has 0 heterocycles. The maximum Gasteiger partial charge on any atom is 0.308 e. The summed E-state index contributed by atoms with van der Waals surface area (Å²) in [6.07, 6.45) is 3.84. The Morgan fingerprint density at radius 3 is 1.00 bits per heavy atom. The molecule has 258 valence electrons. The summed E-state index contributed by atoms with van der Waals surface area (Å²) >= 11 is 3.30. The van der Waals surface area contributed by atoms with Crippen LogP contribution in [0.2, 0.25) is 0 Å². The van der Waals surface area contributed by atoms with Crippen LogP contribution in [0.1, 0.15) is 39.5 Å². The molecule has 12 nitrogen and oxygen atoms in total. The lowest BCUT2D eigenvalue weighted by molar-refractivity contribution is -0.150. The van der Waals surface area contributed by atoms with Gasteiger partial charge in [-0.15, -0.1) is 0 Å². The van der Waals surface area contributed by atoms with Crippen molar-refractivity contribution >= 4 is 21.9 Å². The molecule has 43 heavy (non-hydrogen) atoms. The van der Waals surface area contributed by atoms with Crippen molar-refractivity contribution in [3.63, 3.8) is 0 Å². The second kappa shape index (κ2) is 37.7. The van der Waals surface area contributed by atoms with Crippen LogP contribution in [-0.4, -0.2) is 150 Å². The van der Waals surface area contributed by atoms with E-state index in [4.69, 9.17) is 52.1 Å². The molecule has 0 bridgehead atoms. The molecular formula is C30H59BrO12. The third kappa shape index (κ3) is 34.3. The minimum absolute atomic E-state index is 0.00109. The van der Waals surface area contributed by atoms with Crippen LogP contribution in [0.25, 0.3) is 0 Å². The van der Waals surface area contributed by atoms with Gasteiger partial charge in [0, 0.05) is 5.33 Å². The molecular weight excluding hydrogens is 632 g/mol. The Balaban J connectivity index is 3.14. The molecule has 0 aliphatic carbocycles. The number of hydrogen-bond acceptors (Lipinski definition) is 12. The molecule has 0 radical (unpaired) electrons. The third-order valence-corrected chi connectivity index (χ3v) is 6.10. The smallest absolute Gasteiger partial charge is 0.308 e. The van der Waals surface area contributed by atoms with Crippen molar-refractivity contribution in [1.82, 2.24) is 0 Å². The number of halogens is 1. The second-order valence-electron chi connectivity index (χ2n) is 9.23. The van der Waals surface area contributed by atoms with E-state index >= 15 is 0 Å². The first kappa shape index (κ1) is 42.6. The zero-order chi connectivity index (χ0) is 31.3. The molecule has 0 aliphatic rings. The van der Waals surface area contributed by atoms with Crippen molar-refractivity contribution in [3.05, 3.63) is 0 Å². The van der Waals surface area contributed by atoms with Gasteiger partial charge in [-0.3, -0.25) is 4.79 Å². The summed E-state index contributed by atoms with van der Waals surface area (Å²) in [4.78, 5) is 12.0. The van der Waals surface area contributed by atoms with Gasteiger partial charge in [0.05, 0.1) is 138 Å². The lowest BCUT2D eigenvalue weighted by Crippen LogP contribution is -2.20. The van der Waals surface area contributed by atoms with E-state index in [1.54, 1.807) is 0 Å². The van der Waals surface area contributed by atoms with Gasteiger partial charge >= 0.3 is 5.97 Å². The summed E-state index contributed by atoms with van der Waals surface area (Å²) in [5, 5.41) is 0.836. The van der Waals surface area contributed by atoms with Crippen LogP contribution in [0.5, 0.6) is 0 Å². The monoisotopic (exact) mass is 690 g/mol. The summed E-state index contributed by atoms with van der Waals surface area (Å²) in [6.45, 7) is 14.8. The molecule has 0 aromatic carbocycles. The van der Waals surface area contributed by atoms with Gasteiger partial charge in [0.25, 0.3) is 0 Å². The fourth-order valence-corrected chi connectivity index (χ4v) is 3.62. The number of alkyl halides is 1. The fourth-order valence-electron chi connectivity index (χ4n) is 3.39. The van der Waals surface area contributed by atoms with E-state index in [9.17, 15) is 4.79 Å². The average molecular weight is 692 g/mol. The standard InChI is InChI=1S/C30H59BrO12/c1-3-5-6-29(4-2)30(32)43-28-27-42-26-25-41-24-23-40-22-21-39-20-19-38-18-17-37-16-15-36-14-13-35-12-11-34-10-9-33-8-7-31/h29H,3-28H2,1-2H3. The fraction of sp³-hybridized carbons (Fsp3) is 0.967. The highest BCUT2D eigenvalue weighted by Crippen LogP contribution is 2.14. The van der Waals surface area contributed by atoms with Crippen molar-refractivity contribution < 1.29 is 56.9 Å². The lowest BCUT2D eigenvalue weighted by Gasteiger charge is -2.13. The number of hydrogen-bond donors (Lipinski definition) is 0. The van der Waals surface area contributed by atoms with Crippen LogP contribution in [-0.2, 0) is 56.9 Å². The molecule has 0 rings (SSSR count). The molecule has 13 heteroatoms. The highest BCUT2D eigenvalue weighted by atomic mass is 79.9. The van der Waals surface area contributed by atoms with Crippen molar-refractivity contribution in [2.45, 2.75) is 39.5 Å². The zero-order valence-electron chi connectivity index (χ0n) is 26.7. The second-order valence-corrected chi connectivity index (χ2v) is 10.0. The molecule has 0 saturated heterocycles. The number of carbonyl (C=O) groups excluding carboxylic acids is 1. The number of carbonyl (C=O) groups is 1. The van der Waals surface area contributed by atoms with Crippen LogP contribution < -0.4 is 0 Å². The van der Waals surface area contributed by atoms with Gasteiger partial charge in [-0.05, 0) is 12.8 Å². The topological polar surface area (TPSA) is 119 Å². The Morgan fingerprint density at radius 2 is 0.744 bits per heavy atom. The summed E-state index contributed by atoms with van der Waals surface area (Å²) in [5.74, 6) is -0.120. The van der Waals surface area contributed by atoms with Gasteiger partial charge in [-0.25, -0.2) is 0 Å². The predicted molar refractivity (Wildman–Crippen MR) is 166 cm³/mol. The Kier molecular flexibility index (Phi) is 37.3. The van der Waals surface area contributed by atoms with Crippen molar-refractivity contribution in [2.24, 2.45) is 5.92 Å². The van der Waals surface area contributed by atoms with Crippen LogP contribution in [0.15, 0.2) is 0 Å². The summed E-state index contributed by atoms with van der Waals surface area (Å²) in [5.41, 5.74) is 0. The van der Waals surface area contributed by atoms with Crippen LogP contribution >= 0.6 is 15.9 Å². The molecule has 0 aromatic rings. The molecule has 1 unspecified atom stereocenters. The maximum absolute atomic E-state index is 12.0. The van der Waals surface area contributed by atoms with Crippen LogP contribution in [0.4, 0.5) is 0 Å². The minimum atomic E-state index is -0.119. The summed E-state index contributed by atoms with van der Waals surface area (Å²) in [6, 6.07) is 0. The maximum atomic E-state index is 12.0. The van der Waals surface area contributed by atoms with Crippen molar-refractivity contribution in [2.75, 3.05) is 144 Å². The van der Waals surface area contributed by atoms with Gasteiger partial charge in [0.2, 0.25) is 0 Å². The van der Waals surface area contributed by atoms with E-state index in [0.29, 0.717) is 132 Å². The molecule has 0 saturated carbocycles. The molecule has 0 N–H and O–H groups in total. The van der Waals surface area contributed by atoms with Crippen molar-refractivity contribution in [1.29, 1.82) is 0 Å². The van der Waals surface area contributed by atoms with Crippen LogP contribution in [0, 0.1) is 5.92 Å². The summed E-state index contributed by atoms with van der Waals surface area (Å²) < 4.78 is 59.6. The number of rotatable bonds is 37. The SMILES string of the molecule is CCCCC(CC)C(=O)OCCOCCOCCOCCOCCOCCOCCOCCOCCOCCOCCBr. The first-order valence-corrected chi connectivity index (χ1v) is 16.9. The number of unbranched alkanes of at least 4 members (excludes halogenated alkanes) is 1. The summed E-state index contributed by atoms with van der Waals surface area (Å²) in [7, 11) is 0. The van der Waals surface area contributed by atoms with Crippen LogP contribution in [0.3, 0.4) is 0 Å². The zero-order valence-corrected chi connectivity index (χ0v) is 28.3. The Morgan fingerprint density at radius 1 is 0.465 bits per heavy atom. The van der Waals surface area contributed by atoms with E-state index < -0.39 is 0 Å². The number of esters is 1. The van der Waals surface area contributed by atoms with Gasteiger partial charge in [0.15, 0.2) is 0 Å². The van der Waals surface area contributed by atoms with Gasteiger partial charge in [0.1, 0.15) is 6.61 Å².